The van der Waals surface area contributed by atoms with Crippen LogP contribution < -0.4 is 10.1 Å². The number of piperidine rings is 1. The molecule has 1 N–H and O–H groups in total. The first kappa shape index (κ1) is 23.4. The van der Waals surface area contributed by atoms with Gasteiger partial charge >= 0.3 is 0 Å². The molecule has 3 aromatic rings. The summed E-state index contributed by atoms with van der Waals surface area (Å²) in [5.74, 6) is 2.44. The van der Waals surface area contributed by atoms with Gasteiger partial charge in [0.25, 0.3) is 5.91 Å². The number of oxazole rings is 1. The fourth-order valence-corrected chi connectivity index (χ4v) is 4.60. The standard InChI is InChI=1S/C28H33N3O4/c1-18(2)34-23-8-3-20(4-9-23)17-29-26(32)15-19-11-13-31(14-12-19)28(33)22-7-10-25-24(16-22)30-27(35-25)21-5-6-21/h3-4,7-10,16,18-19,21H,5-6,11-15,17H2,1-2H3,(H,29,32). The first-order valence-corrected chi connectivity index (χ1v) is 12.7. The lowest BCUT2D eigenvalue weighted by Crippen LogP contribution is -2.39. The van der Waals surface area contributed by atoms with E-state index in [0.29, 0.717) is 43.5 Å². The fourth-order valence-electron chi connectivity index (χ4n) is 4.60. The summed E-state index contributed by atoms with van der Waals surface area (Å²) in [5, 5.41) is 3.02. The van der Waals surface area contributed by atoms with Crippen LogP contribution in [-0.4, -0.2) is 40.9 Å². The highest BCUT2D eigenvalue weighted by Crippen LogP contribution is 2.40. The summed E-state index contributed by atoms with van der Waals surface area (Å²) in [7, 11) is 0. The van der Waals surface area contributed by atoms with Crippen molar-refractivity contribution in [2.24, 2.45) is 5.92 Å². The molecular weight excluding hydrogens is 442 g/mol. The fraction of sp³-hybridized carbons (Fsp3) is 0.464. The smallest absolute Gasteiger partial charge is 0.253 e. The summed E-state index contributed by atoms with van der Waals surface area (Å²) in [5.41, 5.74) is 3.19. The highest BCUT2D eigenvalue weighted by atomic mass is 16.5. The average molecular weight is 476 g/mol. The second-order valence-corrected chi connectivity index (χ2v) is 10.0. The molecule has 1 saturated carbocycles. The van der Waals surface area contributed by atoms with E-state index >= 15 is 0 Å². The Bertz CT molecular complexity index is 1190. The van der Waals surface area contributed by atoms with Crippen molar-refractivity contribution < 1.29 is 18.7 Å². The number of nitrogens with zero attached hydrogens (tertiary/aromatic N) is 2. The van der Waals surface area contributed by atoms with E-state index in [1.165, 1.54) is 0 Å². The number of hydrogen-bond donors (Lipinski definition) is 1. The molecule has 2 heterocycles. The molecule has 7 nitrogen and oxygen atoms in total. The van der Waals surface area contributed by atoms with Crippen LogP contribution in [-0.2, 0) is 11.3 Å². The molecular formula is C28H33N3O4. The highest BCUT2D eigenvalue weighted by Gasteiger charge is 2.29. The number of carbonyl (C=O) groups excluding carboxylic acids is 2. The summed E-state index contributed by atoms with van der Waals surface area (Å²) in [4.78, 5) is 32.0. The van der Waals surface area contributed by atoms with E-state index in [9.17, 15) is 9.59 Å². The third kappa shape index (κ3) is 5.84. The maximum Gasteiger partial charge on any atom is 0.253 e. The number of amides is 2. The van der Waals surface area contributed by atoms with Gasteiger partial charge in [0.05, 0.1) is 6.10 Å². The number of hydrogen-bond acceptors (Lipinski definition) is 5. The minimum Gasteiger partial charge on any atom is -0.491 e. The molecule has 1 saturated heterocycles. The van der Waals surface area contributed by atoms with Crippen LogP contribution in [0.2, 0.25) is 0 Å². The molecule has 0 spiro atoms. The largest absolute Gasteiger partial charge is 0.491 e. The number of ether oxygens (including phenoxy) is 1. The number of rotatable bonds is 8. The van der Waals surface area contributed by atoms with Crippen LogP contribution in [0.1, 0.15) is 73.7 Å². The Hall–Kier alpha value is -3.35. The number of likely N-dealkylation sites (tertiary alicyclic amines) is 1. The van der Waals surface area contributed by atoms with Gasteiger partial charge in [0, 0.05) is 37.5 Å². The van der Waals surface area contributed by atoms with E-state index in [4.69, 9.17) is 9.15 Å². The average Bonchev–Trinajstić information content (AvgIpc) is 3.62. The normalized spacial score (nSPS) is 16.6. The first-order chi connectivity index (χ1) is 16.9. The Kier molecular flexibility index (Phi) is 6.75. The van der Waals surface area contributed by atoms with E-state index in [1.54, 1.807) is 0 Å². The Balaban J connectivity index is 1.07. The molecule has 2 aromatic carbocycles. The SMILES string of the molecule is CC(C)Oc1ccc(CNC(=O)CC2CCN(C(=O)c3ccc4oc(C5CC5)nc4c3)CC2)cc1. The third-order valence-electron chi connectivity index (χ3n) is 6.74. The van der Waals surface area contributed by atoms with Gasteiger partial charge in [-0.1, -0.05) is 12.1 Å². The van der Waals surface area contributed by atoms with Gasteiger partial charge in [-0.3, -0.25) is 9.59 Å². The Morgan fingerprint density at radius 3 is 2.51 bits per heavy atom. The topological polar surface area (TPSA) is 84.7 Å². The number of carbonyl (C=O) groups is 2. The zero-order valence-corrected chi connectivity index (χ0v) is 20.5. The van der Waals surface area contributed by atoms with Crippen molar-refractivity contribution in [3.63, 3.8) is 0 Å². The monoisotopic (exact) mass is 475 g/mol. The predicted octanol–water partition coefficient (Wildman–Crippen LogP) is 5.05. The van der Waals surface area contributed by atoms with Crippen LogP contribution >= 0.6 is 0 Å². The van der Waals surface area contributed by atoms with Gasteiger partial charge < -0.3 is 19.4 Å². The van der Waals surface area contributed by atoms with Crippen LogP contribution in [0.4, 0.5) is 0 Å². The van der Waals surface area contributed by atoms with Gasteiger partial charge in [-0.15, -0.1) is 0 Å². The van der Waals surface area contributed by atoms with Crippen molar-refractivity contribution in [2.45, 2.75) is 64.5 Å². The molecule has 7 heteroatoms. The lowest BCUT2D eigenvalue weighted by Gasteiger charge is -2.31. The van der Waals surface area contributed by atoms with Crippen molar-refractivity contribution >= 4 is 22.9 Å². The Morgan fingerprint density at radius 2 is 1.83 bits per heavy atom. The second kappa shape index (κ2) is 10.1. The summed E-state index contributed by atoms with van der Waals surface area (Å²) in [6.07, 6.45) is 4.56. The van der Waals surface area contributed by atoms with Crippen LogP contribution in [0, 0.1) is 5.92 Å². The van der Waals surface area contributed by atoms with E-state index < -0.39 is 0 Å². The zero-order valence-electron chi connectivity index (χ0n) is 20.5. The second-order valence-electron chi connectivity index (χ2n) is 10.0. The lowest BCUT2D eigenvalue weighted by atomic mass is 9.92. The van der Waals surface area contributed by atoms with Crippen LogP contribution in [0.5, 0.6) is 5.75 Å². The van der Waals surface area contributed by atoms with Crippen molar-refractivity contribution in [1.29, 1.82) is 0 Å². The third-order valence-corrected chi connectivity index (χ3v) is 6.74. The number of aromatic nitrogens is 1. The molecule has 5 rings (SSSR count). The van der Waals surface area contributed by atoms with E-state index in [2.05, 4.69) is 10.3 Å². The van der Waals surface area contributed by atoms with Crippen LogP contribution in [0.25, 0.3) is 11.1 Å². The molecule has 1 aliphatic carbocycles. The summed E-state index contributed by atoms with van der Waals surface area (Å²) in [6.45, 7) is 5.83. The zero-order chi connectivity index (χ0) is 24.4. The summed E-state index contributed by atoms with van der Waals surface area (Å²) in [6, 6.07) is 13.3. The summed E-state index contributed by atoms with van der Waals surface area (Å²) >= 11 is 0. The molecule has 2 aliphatic rings. The van der Waals surface area contributed by atoms with E-state index in [1.807, 2.05) is 61.2 Å². The molecule has 1 aliphatic heterocycles. The number of fused-ring (bicyclic) bond motifs is 1. The van der Waals surface area contributed by atoms with Gasteiger partial charge in [0.1, 0.15) is 11.3 Å². The Labute approximate surface area is 205 Å². The number of nitrogens with one attached hydrogen (secondary N) is 1. The lowest BCUT2D eigenvalue weighted by molar-refractivity contribution is -0.122. The highest BCUT2D eigenvalue weighted by molar-refractivity contribution is 5.97. The number of benzene rings is 2. The van der Waals surface area contributed by atoms with Crippen molar-refractivity contribution in [1.82, 2.24) is 15.2 Å². The van der Waals surface area contributed by atoms with E-state index in [0.717, 1.165) is 54.0 Å². The maximum absolute atomic E-state index is 13.0. The minimum atomic E-state index is 0.0238. The molecule has 0 unspecified atom stereocenters. The van der Waals surface area contributed by atoms with Gasteiger partial charge in [-0.2, -0.15) is 0 Å². The van der Waals surface area contributed by atoms with Crippen molar-refractivity contribution in [3.8, 4) is 5.75 Å². The van der Waals surface area contributed by atoms with Crippen LogP contribution in [0.3, 0.4) is 0 Å². The quantitative estimate of drug-likeness (QED) is 0.493. The van der Waals surface area contributed by atoms with Crippen molar-refractivity contribution in [2.75, 3.05) is 13.1 Å². The summed E-state index contributed by atoms with van der Waals surface area (Å²) < 4.78 is 11.5. The molecule has 35 heavy (non-hydrogen) atoms. The first-order valence-electron chi connectivity index (χ1n) is 12.7. The van der Waals surface area contributed by atoms with Gasteiger partial charge in [0.15, 0.2) is 11.5 Å². The molecule has 0 bridgehead atoms. The molecule has 2 fully saturated rings. The van der Waals surface area contributed by atoms with Crippen LogP contribution in [0.15, 0.2) is 46.9 Å². The molecule has 2 amide bonds. The molecule has 0 atom stereocenters. The van der Waals surface area contributed by atoms with E-state index in [-0.39, 0.29) is 17.9 Å². The molecule has 184 valence electrons. The van der Waals surface area contributed by atoms with Gasteiger partial charge in [-0.05, 0) is 81.3 Å². The van der Waals surface area contributed by atoms with Gasteiger partial charge in [-0.25, -0.2) is 4.98 Å². The maximum atomic E-state index is 13.0. The molecule has 0 radical (unpaired) electrons. The Morgan fingerprint density at radius 1 is 1.09 bits per heavy atom. The van der Waals surface area contributed by atoms with Gasteiger partial charge in [0.2, 0.25) is 5.91 Å². The predicted molar refractivity (Wildman–Crippen MR) is 133 cm³/mol. The van der Waals surface area contributed by atoms with Crippen molar-refractivity contribution in [3.05, 3.63) is 59.5 Å². The molecule has 1 aromatic heterocycles. The minimum absolute atomic E-state index is 0.0238.